The molecule has 1 aliphatic carbocycles. The highest BCUT2D eigenvalue weighted by Gasteiger charge is 2.45. The molecule has 26 heavy (non-hydrogen) atoms. The smallest absolute Gasteiger partial charge is 0.185 e. The standard InChI is InChI=1S/C23H18ClNO/c24-16-10-11-20-18(13-16)21-17-9-5-4-8-15(17)12-19(21)22(25-20)23(26)14-6-2-1-3-7-14/h1-11,13,19,21-22,25H,12H2/t19-,21-,22+/m1/s1. The molecule has 3 aromatic carbocycles. The van der Waals surface area contributed by atoms with Gasteiger partial charge in [-0.3, -0.25) is 4.79 Å². The van der Waals surface area contributed by atoms with E-state index in [1.54, 1.807) is 0 Å². The summed E-state index contributed by atoms with van der Waals surface area (Å²) in [5.41, 5.74) is 5.64. The minimum Gasteiger partial charge on any atom is -0.374 e. The predicted octanol–water partition coefficient (Wildman–Crippen LogP) is 5.32. The van der Waals surface area contributed by atoms with Crippen LogP contribution in [-0.4, -0.2) is 11.8 Å². The molecule has 0 bridgehead atoms. The molecule has 128 valence electrons. The van der Waals surface area contributed by atoms with E-state index < -0.39 is 0 Å². The van der Waals surface area contributed by atoms with Crippen LogP contribution in [0.4, 0.5) is 5.69 Å². The Bertz CT molecular complexity index is 998. The summed E-state index contributed by atoms with van der Waals surface area (Å²) >= 11 is 6.29. The normalized spacial score (nSPS) is 22.7. The molecule has 0 saturated carbocycles. The van der Waals surface area contributed by atoms with Gasteiger partial charge in [-0.2, -0.15) is 0 Å². The Kier molecular flexibility index (Phi) is 3.61. The lowest BCUT2D eigenvalue weighted by Gasteiger charge is -2.37. The number of anilines is 1. The summed E-state index contributed by atoms with van der Waals surface area (Å²) in [6.45, 7) is 0. The van der Waals surface area contributed by atoms with Gasteiger partial charge in [-0.1, -0.05) is 66.2 Å². The minimum absolute atomic E-state index is 0.161. The fourth-order valence-electron chi connectivity index (χ4n) is 4.57. The lowest BCUT2D eigenvalue weighted by atomic mass is 9.75. The van der Waals surface area contributed by atoms with Gasteiger partial charge in [-0.25, -0.2) is 0 Å². The zero-order chi connectivity index (χ0) is 17.7. The number of halogens is 1. The molecule has 0 aromatic heterocycles. The van der Waals surface area contributed by atoms with Crippen LogP contribution in [0.2, 0.25) is 5.02 Å². The Hall–Kier alpha value is -2.58. The maximum atomic E-state index is 13.3. The van der Waals surface area contributed by atoms with Crippen LogP contribution in [0, 0.1) is 5.92 Å². The van der Waals surface area contributed by atoms with Crippen molar-refractivity contribution in [2.24, 2.45) is 5.92 Å². The van der Waals surface area contributed by atoms with Gasteiger partial charge in [0.15, 0.2) is 5.78 Å². The third-order valence-electron chi connectivity index (χ3n) is 5.70. The summed E-state index contributed by atoms with van der Waals surface area (Å²) in [7, 11) is 0. The van der Waals surface area contributed by atoms with Crippen LogP contribution >= 0.6 is 11.6 Å². The third-order valence-corrected chi connectivity index (χ3v) is 5.94. The molecule has 3 aromatic rings. The van der Waals surface area contributed by atoms with Gasteiger partial charge in [0.1, 0.15) is 0 Å². The molecule has 0 fully saturated rings. The summed E-state index contributed by atoms with van der Waals surface area (Å²) < 4.78 is 0. The molecular weight excluding hydrogens is 342 g/mol. The van der Waals surface area contributed by atoms with Crippen molar-refractivity contribution in [2.75, 3.05) is 5.32 Å². The maximum absolute atomic E-state index is 13.3. The van der Waals surface area contributed by atoms with Gasteiger partial charge < -0.3 is 5.32 Å². The highest BCUT2D eigenvalue weighted by Crippen LogP contribution is 2.50. The van der Waals surface area contributed by atoms with Crippen molar-refractivity contribution in [3.05, 3.63) is 100 Å². The van der Waals surface area contributed by atoms with Crippen molar-refractivity contribution < 1.29 is 4.79 Å². The van der Waals surface area contributed by atoms with Gasteiger partial charge in [0.25, 0.3) is 0 Å². The molecule has 2 nitrogen and oxygen atoms in total. The molecule has 0 unspecified atom stereocenters. The van der Waals surface area contributed by atoms with E-state index >= 15 is 0 Å². The first kappa shape index (κ1) is 15.7. The highest BCUT2D eigenvalue weighted by atomic mass is 35.5. The number of benzene rings is 3. The topological polar surface area (TPSA) is 29.1 Å². The molecule has 0 radical (unpaired) electrons. The summed E-state index contributed by atoms with van der Waals surface area (Å²) in [5.74, 6) is 0.568. The number of nitrogens with one attached hydrogen (secondary N) is 1. The lowest BCUT2D eigenvalue weighted by Crippen LogP contribution is -2.42. The van der Waals surface area contributed by atoms with Crippen molar-refractivity contribution in [2.45, 2.75) is 18.4 Å². The Morgan fingerprint density at radius 1 is 0.923 bits per heavy atom. The van der Waals surface area contributed by atoms with E-state index in [0.717, 1.165) is 22.7 Å². The van der Waals surface area contributed by atoms with Crippen LogP contribution in [0.15, 0.2) is 72.8 Å². The first-order chi connectivity index (χ1) is 12.7. The molecular formula is C23H18ClNO. The average molecular weight is 360 g/mol. The zero-order valence-electron chi connectivity index (χ0n) is 14.2. The van der Waals surface area contributed by atoms with Crippen molar-refractivity contribution in [3.63, 3.8) is 0 Å². The van der Waals surface area contributed by atoms with E-state index in [1.807, 2.05) is 48.5 Å². The molecule has 0 saturated heterocycles. The van der Waals surface area contributed by atoms with Gasteiger partial charge in [-0.05, 0) is 41.3 Å². The fourth-order valence-corrected chi connectivity index (χ4v) is 4.75. The van der Waals surface area contributed by atoms with Crippen LogP contribution in [0.25, 0.3) is 0 Å². The number of rotatable bonds is 2. The number of carbonyl (C=O) groups excluding carboxylic acids is 1. The largest absolute Gasteiger partial charge is 0.374 e. The van der Waals surface area contributed by atoms with Gasteiger partial charge in [0, 0.05) is 28.1 Å². The van der Waals surface area contributed by atoms with Gasteiger partial charge in [-0.15, -0.1) is 0 Å². The summed E-state index contributed by atoms with van der Waals surface area (Å²) in [4.78, 5) is 13.3. The van der Waals surface area contributed by atoms with E-state index in [1.165, 1.54) is 16.7 Å². The number of ketones is 1. The van der Waals surface area contributed by atoms with Crippen LogP contribution in [-0.2, 0) is 6.42 Å². The Morgan fingerprint density at radius 3 is 2.54 bits per heavy atom. The van der Waals surface area contributed by atoms with E-state index in [0.29, 0.717) is 0 Å². The number of Topliss-reactive ketones (excluding diaryl/α,β-unsaturated/α-hetero) is 1. The van der Waals surface area contributed by atoms with Gasteiger partial charge in [0.2, 0.25) is 0 Å². The van der Waals surface area contributed by atoms with Crippen LogP contribution < -0.4 is 5.32 Å². The molecule has 3 heteroatoms. The van der Waals surface area contributed by atoms with E-state index in [-0.39, 0.29) is 23.7 Å². The van der Waals surface area contributed by atoms with Crippen molar-refractivity contribution >= 4 is 23.1 Å². The Labute approximate surface area is 157 Å². The third kappa shape index (κ3) is 2.37. The van der Waals surface area contributed by atoms with Crippen molar-refractivity contribution in [3.8, 4) is 0 Å². The average Bonchev–Trinajstić information content (AvgIpc) is 3.07. The predicted molar refractivity (Wildman–Crippen MR) is 105 cm³/mol. The van der Waals surface area contributed by atoms with E-state index in [9.17, 15) is 4.79 Å². The van der Waals surface area contributed by atoms with Crippen molar-refractivity contribution in [1.82, 2.24) is 0 Å². The maximum Gasteiger partial charge on any atom is 0.185 e. The Balaban J connectivity index is 1.64. The second-order valence-electron chi connectivity index (χ2n) is 7.13. The molecule has 5 rings (SSSR count). The SMILES string of the molecule is O=C(c1ccccc1)[C@H]1Nc2ccc(Cl)cc2[C@H]2c3ccccc3C[C@H]21. The van der Waals surface area contributed by atoms with Gasteiger partial charge in [0.05, 0.1) is 6.04 Å². The minimum atomic E-state index is -0.233. The molecule has 2 aliphatic rings. The first-order valence-corrected chi connectivity index (χ1v) is 9.33. The monoisotopic (exact) mass is 359 g/mol. The second kappa shape index (κ2) is 6.00. The summed E-state index contributed by atoms with van der Waals surface area (Å²) in [6, 6.07) is 23.8. The lowest BCUT2D eigenvalue weighted by molar-refractivity contribution is 0.0938. The number of carbonyl (C=O) groups is 1. The van der Waals surface area contributed by atoms with E-state index in [4.69, 9.17) is 11.6 Å². The molecule has 0 spiro atoms. The second-order valence-corrected chi connectivity index (χ2v) is 7.56. The zero-order valence-corrected chi connectivity index (χ0v) is 14.9. The number of hydrogen-bond acceptors (Lipinski definition) is 2. The first-order valence-electron chi connectivity index (χ1n) is 8.95. The van der Waals surface area contributed by atoms with Crippen molar-refractivity contribution in [1.29, 1.82) is 0 Å². The number of hydrogen-bond donors (Lipinski definition) is 1. The quantitative estimate of drug-likeness (QED) is 0.627. The molecule has 0 amide bonds. The molecule has 1 heterocycles. The summed E-state index contributed by atoms with van der Waals surface area (Å²) in [5, 5.41) is 4.26. The highest BCUT2D eigenvalue weighted by molar-refractivity contribution is 6.30. The molecule has 1 aliphatic heterocycles. The van der Waals surface area contributed by atoms with Crippen LogP contribution in [0.3, 0.4) is 0 Å². The van der Waals surface area contributed by atoms with E-state index in [2.05, 4.69) is 29.6 Å². The Morgan fingerprint density at radius 2 is 1.69 bits per heavy atom. The summed E-state index contributed by atoms with van der Waals surface area (Å²) in [6.07, 6.45) is 0.906. The van der Waals surface area contributed by atoms with Crippen LogP contribution in [0.5, 0.6) is 0 Å². The molecule has 1 N–H and O–H groups in total. The molecule has 3 atom stereocenters. The van der Waals surface area contributed by atoms with Crippen LogP contribution in [0.1, 0.15) is 33.0 Å². The number of fused-ring (bicyclic) bond motifs is 5. The van der Waals surface area contributed by atoms with Gasteiger partial charge >= 0.3 is 0 Å². The fraction of sp³-hybridized carbons (Fsp3) is 0.174.